The van der Waals surface area contributed by atoms with Crippen LogP contribution in [0.1, 0.15) is 10.4 Å². The normalized spacial score (nSPS) is 11.0. The van der Waals surface area contributed by atoms with Gasteiger partial charge in [-0.2, -0.15) is 0 Å². The third-order valence-electron chi connectivity index (χ3n) is 2.04. The molecule has 0 atom stereocenters. The van der Waals surface area contributed by atoms with Crippen molar-refractivity contribution in [2.75, 3.05) is 0 Å². The summed E-state index contributed by atoms with van der Waals surface area (Å²) in [6.45, 7) is 2.12. The zero-order chi connectivity index (χ0) is 9.42. The van der Waals surface area contributed by atoms with Gasteiger partial charge in [-0.3, -0.25) is 0 Å². The first-order chi connectivity index (χ1) is 6.24. The van der Waals surface area contributed by atoms with Crippen LogP contribution in [0.25, 0.3) is 10.1 Å². The van der Waals surface area contributed by atoms with Crippen molar-refractivity contribution in [1.82, 2.24) is 0 Å². The van der Waals surface area contributed by atoms with Gasteiger partial charge >= 0.3 is 0 Å². The fraction of sp³-hybridized carbons (Fsp3) is 0.200. The van der Waals surface area contributed by atoms with Crippen molar-refractivity contribution in [3.63, 3.8) is 0 Å². The second kappa shape index (κ2) is 3.60. The minimum Gasteiger partial charge on any atom is -0.138 e. The first kappa shape index (κ1) is 9.50. The molecule has 0 bridgehead atoms. The lowest BCUT2D eigenvalue weighted by molar-refractivity contribution is 1.56. The monoisotopic (exact) mass is 274 g/mol. The van der Waals surface area contributed by atoms with Gasteiger partial charge in [0.25, 0.3) is 0 Å². The van der Waals surface area contributed by atoms with E-state index in [9.17, 15) is 0 Å². The molecule has 2 rings (SSSR count). The molecule has 3 heteroatoms. The molecule has 1 aromatic carbocycles. The quantitative estimate of drug-likeness (QED) is 0.658. The van der Waals surface area contributed by atoms with E-state index in [1.165, 1.54) is 20.5 Å². The maximum atomic E-state index is 6.21. The molecule has 0 saturated heterocycles. The molecule has 0 N–H and O–H groups in total. The van der Waals surface area contributed by atoms with Gasteiger partial charge in [0.2, 0.25) is 0 Å². The van der Waals surface area contributed by atoms with E-state index in [-0.39, 0.29) is 0 Å². The van der Waals surface area contributed by atoms with Gasteiger partial charge in [0.15, 0.2) is 0 Å². The number of fused-ring (bicyclic) bond motifs is 1. The number of alkyl halides is 1. The van der Waals surface area contributed by atoms with E-state index in [1.807, 2.05) is 6.07 Å². The fourth-order valence-corrected chi connectivity index (χ4v) is 3.56. The van der Waals surface area contributed by atoms with Crippen molar-refractivity contribution in [3.8, 4) is 0 Å². The molecule has 0 unspecified atom stereocenters. The third-order valence-corrected chi connectivity index (χ3v) is 4.86. The Balaban J connectivity index is 2.83. The second-order valence-electron chi connectivity index (χ2n) is 2.92. The SMILES string of the molecule is Cc1cccc2c(Cl)c(CBr)sc12. The van der Waals surface area contributed by atoms with Crippen molar-refractivity contribution in [1.29, 1.82) is 0 Å². The highest BCUT2D eigenvalue weighted by atomic mass is 79.9. The van der Waals surface area contributed by atoms with E-state index in [2.05, 4.69) is 35.0 Å². The van der Waals surface area contributed by atoms with Gasteiger partial charge in [0.05, 0.1) is 5.02 Å². The lowest BCUT2D eigenvalue weighted by Crippen LogP contribution is -1.70. The Hall–Kier alpha value is -0.0500. The van der Waals surface area contributed by atoms with Crippen LogP contribution in [0.2, 0.25) is 5.02 Å². The summed E-state index contributed by atoms with van der Waals surface area (Å²) in [6.07, 6.45) is 0. The Morgan fingerprint density at radius 3 is 2.85 bits per heavy atom. The maximum absolute atomic E-state index is 6.21. The van der Waals surface area contributed by atoms with E-state index >= 15 is 0 Å². The predicted octanol–water partition coefficient (Wildman–Crippen LogP) is 4.76. The van der Waals surface area contributed by atoms with Crippen LogP contribution in [0.15, 0.2) is 18.2 Å². The molecule has 0 aliphatic rings. The van der Waals surface area contributed by atoms with Crippen LogP contribution in [0.4, 0.5) is 0 Å². The molecule has 13 heavy (non-hydrogen) atoms. The van der Waals surface area contributed by atoms with Crippen molar-refractivity contribution >= 4 is 49.0 Å². The highest BCUT2D eigenvalue weighted by Crippen LogP contribution is 2.37. The largest absolute Gasteiger partial charge is 0.138 e. The molecule has 1 heterocycles. The van der Waals surface area contributed by atoms with Gasteiger partial charge in [-0.25, -0.2) is 0 Å². The fourth-order valence-electron chi connectivity index (χ4n) is 1.36. The Labute approximate surface area is 94.7 Å². The Bertz CT molecular complexity index is 447. The van der Waals surface area contributed by atoms with Crippen LogP contribution in [0.3, 0.4) is 0 Å². The molecule has 0 aliphatic carbocycles. The minimum atomic E-state index is 0.838. The summed E-state index contributed by atoms with van der Waals surface area (Å²) in [5, 5.41) is 2.92. The van der Waals surface area contributed by atoms with E-state index in [0.29, 0.717) is 0 Å². The molecular formula is C10H8BrClS. The smallest absolute Gasteiger partial charge is 0.0632 e. The molecular weight excluding hydrogens is 268 g/mol. The highest BCUT2D eigenvalue weighted by molar-refractivity contribution is 9.08. The first-order valence-corrected chi connectivity index (χ1v) is 6.28. The number of hydrogen-bond acceptors (Lipinski definition) is 1. The molecule has 68 valence electrons. The third kappa shape index (κ3) is 1.51. The minimum absolute atomic E-state index is 0.838. The van der Waals surface area contributed by atoms with Crippen molar-refractivity contribution < 1.29 is 0 Å². The van der Waals surface area contributed by atoms with Gasteiger partial charge in [-0.15, -0.1) is 11.3 Å². The standard InChI is InChI=1S/C10H8BrClS/c1-6-3-2-4-7-9(12)8(5-11)13-10(6)7/h2-4H,5H2,1H3. The lowest BCUT2D eigenvalue weighted by atomic mass is 10.2. The first-order valence-electron chi connectivity index (χ1n) is 3.96. The summed E-state index contributed by atoms with van der Waals surface area (Å²) in [5.41, 5.74) is 1.30. The van der Waals surface area contributed by atoms with E-state index in [1.54, 1.807) is 11.3 Å². The van der Waals surface area contributed by atoms with Crippen LogP contribution < -0.4 is 0 Å². The zero-order valence-electron chi connectivity index (χ0n) is 7.10. The van der Waals surface area contributed by atoms with Crippen LogP contribution in [-0.4, -0.2) is 0 Å². The molecule has 0 radical (unpaired) electrons. The predicted molar refractivity (Wildman–Crippen MR) is 64.2 cm³/mol. The number of thiophene rings is 1. The molecule has 0 aliphatic heterocycles. The van der Waals surface area contributed by atoms with Gasteiger partial charge in [-0.05, 0) is 12.5 Å². The number of hydrogen-bond donors (Lipinski definition) is 0. The summed E-state index contributed by atoms with van der Waals surface area (Å²) >= 11 is 11.4. The van der Waals surface area contributed by atoms with Crippen molar-refractivity contribution in [2.45, 2.75) is 12.3 Å². The van der Waals surface area contributed by atoms with Crippen LogP contribution in [-0.2, 0) is 5.33 Å². The van der Waals surface area contributed by atoms with Crippen molar-refractivity contribution in [2.24, 2.45) is 0 Å². The molecule has 0 nitrogen and oxygen atoms in total. The molecule has 0 fully saturated rings. The molecule has 0 amide bonds. The summed E-state index contributed by atoms with van der Waals surface area (Å²) in [6, 6.07) is 6.24. The summed E-state index contributed by atoms with van der Waals surface area (Å²) < 4.78 is 1.31. The maximum Gasteiger partial charge on any atom is 0.0632 e. The highest BCUT2D eigenvalue weighted by Gasteiger charge is 2.09. The summed E-state index contributed by atoms with van der Waals surface area (Å²) in [7, 11) is 0. The van der Waals surface area contributed by atoms with Gasteiger partial charge in [0, 0.05) is 20.3 Å². The van der Waals surface area contributed by atoms with Crippen LogP contribution in [0, 0.1) is 6.92 Å². The molecule has 0 spiro atoms. The summed E-state index contributed by atoms with van der Waals surface area (Å²) in [5.74, 6) is 0. The van der Waals surface area contributed by atoms with Crippen LogP contribution >= 0.6 is 38.9 Å². The van der Waals surface area contributed by atoms with Gasteiger partial charge < -0.3 is 0 Å². The van der Waals surface area contributed by atoms with E-state index < -0.39 is 0 Å². The van der Waals surface area contributed by atoms with Gasteiger partial charge in [0.1, 0.15) is 0 Å². The Morgan fingerprint density at radius 2 is 2.23 bits per heavy atom. The van der Waals surface area contributed by atoms with Crippen molar-refractivity contribution in [3.05, 3.63) is 33.7 Å². The van der Waals surface area contributed by atoms with E-state index in [0.717, 1.165) is 10.4 Å². The topological polar surface area (TPSA) is 0 Å². The average Bonchev–Trinajstić information content (AvgIpc) is 2.45. The molecule has 0 saturated carbocycles. The molecule has 1 aromatic heterocycles. The molecule has 2 aromatic rings. The Morgan fingerprint density at radius 1 is 1.46 bits per heavy atom. The second-order valence-corrected chi connectivity index (χ2v) is 4.97. The zero-order valence-corrected chi connectivity index (χ0v) is 10.3. The van der Waals surface area contributed by atoms with Crippen LogP contribution in [0.5, 0.6) is 0 Å². The number of rotatable bonds is 1. The number of aryl methyl sites for hydroxylation is 1. The number of benzene rings is 1. The Kier molecular flexibility index (Phi) is 2.63. The van der Waals surface area contributed by atoms with E-state index in [4.69, 9.17) is 11.6 Å². The lowest BCUT2D eigenvalue weighted by Gasteiger charge is -1.93. The van der Waals surface area contributed by atoms with Gasteiger partial charge in [-0.1, -0.05) is 45.7 Å². The summed E-state index contributed by atoms with van der Waals surface area (Å²) in [4.78, 5) is 1.21. The average molecular weight is 276 g/mol. The number of halogens is 2.